The molecule has 0 amide bonds. The normalized spacial score (nSPS) is 18.2. The molecular formula is C56H77Cl2SiZr. The van der Waals surface area contributed by atoms with Crippen molar-refractivity contribution >= 4 is 35.1 Å². The summed E-state index contributed by atoms with van der Waals surface area (Å²) in [4.78, 5) is 0. The van der Waals surface area contributed by atoms with E-state index in [1.807, 2.05) is 0 Å². The van der Waals surface area contributed by atoms with Crippen LogP contribution in [0.25, 0.3) is 34.4 Å². The van der Waals surface area contributed by atoms with Crippen molar-refractivity contribution in [2.45, 2.75) is 167 Å². The maximum absolute atomic E-state index is 9.05. The Kier molecular flexibility index (Phi) is 12.4. The van der Waals surface area contributed by atoms with Gasteiger partial charge in [0.2, 0.25) is 0 Å². The van der Waals surface area contributed by atoms with Crippen LogP contribution >= 0.6 is 17.0 Å². The van der Waals surface area contributed by atoms with Gasteiger partial charge in [-0.25, -0.2) is 0 Å². The first-order valence-electron chi connectivity index (χ1n) is 22.9. The number of allylic oxidation sites excluding steroid dienone is 2. The fourth-order valence-corrected chi connectivity index (χ4v) is 41.8. The molecule has 0 aromatic heterocycles. The Hall–Kier alpha value is -1.96. The van der Waals surface area contributed by atoms with Crippen molar-refractivity contribution in [3.8, 4) is 22.3 Å². The Bertz CT molecular complexity index is 2180. The monoisotopic (exact) mass is 937 g/mol. The zero-order valence-electron chi connectivity index (χ0n) is 41.1. The van der Waals surface area contributed by atoms with Gasteiger partial charge in [-0.05, 0) is 0 Å². The molecule has 0 saturated heterocycles. The summed E-state index contributed by atoms with van der Waals surface area (Å²) in [5.41, 5.74) is 21.8. The van der Waals surface area contributed by atoms with Crippen LogP contribution in [-0.2, 0) is 37.2 Å². The number of hydrogen-bond acceptors (Lipinski definition) is 0. The Morgan fingerprint density at radius 2 is 0.767 bits per heavy atom. The summed E-state index contributed by atoms with van der Waals surface area (Å²) in [5.74, 6) is -1.16. The summed E-state index contributed by atoms with van der Waals surface area (Å²) in [6.45, 7) is 47.1. The van der Waals surface area contributed by atoms with Gasteiger partial charge in [-0.3, -0.25) is 0 Å². The molecule has 0 spiro atoms. The third-order valence-electron chi connectivity index (χ3n) is 14.3. The third-order valence-corrected chi connectivity index (χ3v) is 66.0. The molecule has 0 nitrogen and oxygen atoms in total. The minimum absolute atomic E-state index is 0.0174. The van der Waals surface area contributed by atoms with Gasteiger partial charge in [0.1, 0.15) is 0 Å². The number of fused-ring (bicyclic) bond motifs is 2. The van der Waals surface area contributed by atoms with Crippen molar-refractivity contribution in [2.24, 2.45) is 11.8 Å². The number of hydrogen-bond donors (Lipinski definition) is 0. The SMILES string of the molecule is Cc1ccc2c(c1-c1cc(C(C)(C)C)cc(C(C)(C)C)c1)C=C(C(C)C)[CH]2[Zr]([Cl])([Cl])([CH]1C(C(C)C)=Cc2c1ccc(C)c2-c1cc(C(C)(C)C)cc(C(C)(C)C)c1)[SiH](C)C. The van der Waals surface area contributed by atoms with E-state index in [1.54, 1.807) is 0 Å². The summed E-state index contributed by atoms with van der Waals surface area (Å²) in [6, 6.07) is 24.4. The first-order chi connectivity index (χ1) is 27.3. The van der Waals surface area contributed by atoms with E-state index >= 15 is 0 Å². The van der Waals surface area contributed by atoms with Gasteiger partial charge < -0.3 is 0 Å². The van der Waals surface area contributed by atoms with Crippen molar-refractivity contribution in [3.63, 3.8) is 0 Å². The molecule has 2 aliphatic carbocycles. The van der Waals surface area contributed by atoms with Crippen molar-refractivity contribution in [1.82, 2.24) is 0 Å². The molecule has 4 aromatic rings. The fourth-order valence-electron chi connectivity index (χ4n) is 10.3. The molecule has 6 rings (SSSR count). The molecule has 0 N–H and O–H groups in total. The van der Waals surface area contributed by atoms with Gasteiger partial charge in [-0.2, -0.15) is 0 Å². The van der Waals surface area contributed by atoms with Gasteiger partial charge in [0.05, 0.1) is 0 Å². The van der Waals surface area contributed by atoms with E-state index in [0.717, 1.165) is 0 Å². The van der Waals surface area contributed by atoms with Crippen molar-refractivity contribution in [2.75, 3.05) is 0 Å². The predicted molar refractivity (Wildman–Crippen MR) is 270 cm³/mol. The number of rotatable bonds is 7. The van der Waals surface area contributed by atoms with Gasteiger partial charge in [-0.1, -0.05) is 0 Å². The van der Waals surface area contributed by atoms with E-state index in [0.29, 0.717) is 11.8 Å². The first-order valence-corrected chi connectivity index (χ1v) is 39.2. The summed E-state index contributed by atoms with van der Waals surface area (Å²) in [7, 11) is 18.1. The molecule has 0 aliphatic heterocycles. The van der Waals surface area contributed by atoms with Crippen LogP contribution in [0.2, 0.25) is 13.1 Å². The molecule has 0 radical (unpaired) electrons. The minimum atomic E-state index is -5.09. The van der Waals surface area contributed by atoms with E-state index in [9.17, 15) is 0 Å². The van der Waals surface area contributed by atoms with Gasteiger partial charge in [0.25, 0.3) is 0 Å². The predicted octanol–water partition coefficient (Wildman–Crippen LogP) is 17.7. The van der Waals surface area contributed by atoms with Crippen molar-refractivity contribution < 1.29 is 15.6 Å². The Balaban J connectivity index is 1.67. The second kappa shape index (κ2) is 15.6. The van der Waals surface area contributed by atoms with Gasteiger partial charge in [0.15, 0.2) is 0 Å². The van der Waals surface area contributed by atoms with Gasteiger partial charge in [-0.15, -0.1) is 0 Å². The van der Waals surface area contributed by atoms with Crippen LogP contribution in [0.4, 0.5) is 0 Å². The van der Waals surface area contributed by atoms with E-state index < -0.39 is 21.5 Å². The number of benzene rings is 4. The summed E-state index contributed by atoms with van der Waals surface area (Å²) < 4.78 is 0.0616. The third kappa shape index (κ3) is 8.18. The van der Waals surface area contributed by atoms with Crippen LogP contribution in [0.5, 0.6) is 0 Å². The molecule has 0 heterocycles. The fraction of sp³-hybridized carbons (Fsp3) is 0.500. The molecular weight excluding hydrogens is 863 g/mol. The van der Waals surface area contributed by atoms with Gasteiger partial charge >= 0.3 is 379 Å². The zero-order valence-corrected chi connectivity index (χ0v) is 46.2. The molecule has 0 fully saturated rings. The second-order valence-corrected chi connectivity index (χ2v) is 66.5. The Morgan fingerprint density at radius 1 is 0.483 bits per heavy atom. The average molecular weight is 940 g/mol. The van der Waals surface area contributed by atoms with Crippen LogP contribution in [-0.4, -0.2) is 5.92 Å². The average Bonchev–Trinajstić information content (AvgIpc) is 3.71. The molecule has 2 unspecified atom stereocenters. The van der Waals surface area contributed by atoms with Crippen LogP contribution in [0, 0.1) is 25.7 Å². The summed E-state index contributed by atoms with van der Waals surface area (Å²) in [6.07, 6.45) is 5.12. The Morgan fingerprint density at radius 3 is 1.00 bits per heavy atom. The quantitative estimate of drug-likeness (QED) is 0.162. The van der Waals surface area contributed by atoms with E-state index in [1.165, 1.54) is 89.0 Å². The maximum atomic E-state index is 9.05. The summed E-state index contributed by atoms with van der Waals surface area (Å²) >= 11 is -5.09. The molecule has 2 aliphatic rings. The van der Waals surface area contributed by atoms with E-state index in [4.69, 9.17) is 17.0 Å². The Labute approximate surface area is 375 Å². The van der Waals surface area contributed by atoms with Crippen molar-refractivity contribution in [3.05, 3.63) is 127 Å². The zero-order chi connectivity index (χ0) is 45.1. The van der Waals surface area contributed by atoms with Crippen LogP contribution in [0.3, 0.4) is 0 Å². The topological polar surface area (TPSA) is 0 Å². The van der Waals surface area contributed by atoms with E-state index in [2.05, 4.69) is 211 Å². The second-order valence-electron chi connectivity index (χ2n) is 24.0. The molecule has 60 heavy (non-hydrogen) atoms. The van der Waals surface area contributed by atoms with Gasteiger partial charge in [0, 0.05) is 0 Å². The van der Waals surface area contributed by atoms with Crippen LogP contribution in [0.1, 0.15) is 174 Å². The van der Waals surface area contributed by atoms with Crippen LogP contribution in [0.15, 0.2) is 71.8 Å². The molecule has 4 heteroatoms. The first kappa shape index (κ1) is 47.5. The number of halogens is 2. The molecule has 0 saturated carbocycles. The molecule has 323 valence electrons. The van der Waals surface area contributed by atoms with Crippen molar-refractivity contribution in [1.29, 1.82) is 0 Å². The molecule has 4 aromatic carbocycles. The molecule has 2 atom stereocenters. The standard InChI is InChI=1S/2C27H35.C2H7Si.2ClH.Zr/c2*1-17(2)20-12-19-11-10-18(3)25(24(19)15-20)21-13-22(26(4,5)6)16-23(14-21)27(7,8)9;1-3-2;;;/h2*10-17H,1-9H3;3H,1-2H3;2*1H;/q;;;;;+2/p-2. The van der Waals surface area contributed by atoms with E-state index in [-0.39, 0.29) is 28.9 Å². The molecule has 0 bridgehead atoms. The number of aryl methyl sites for hydroxylation is 2. The van der Waals surface area contributed by atoms with Crippen LogP contribution < -0.4 is 0 Å². The summed E-state index contributed by atoms with van der Waals surface area (Å²) in [5, 5.41) is 0.